The highest BCUT2D eigenvalue weighted by Gasteiger charge is 2.14. The van der Waals surface area contributed by atoms with Crippen molar-refractivity contribution in [3.8, 4) is 0 Å². The van der Waals surface area contributed by atoms with E-state index in [1.807, 2.05) is 0 Å². The molecule has 0 heterocycles. The Hall–Kier alpha value is -2.63. The lowest BCUT2D eigenvalue weighted by molar-refractivity contribution is -0.150. The third kappa shape index (κ3) is 40.0. The highest BCUT2D eigenvalue weighted by Crippen LogP contribution is 2.17. The SMILES string of the molecule is CCCCCC/C=C\C/C=C\CCCCCCCC(=O)OC(CCC/C=C\C/C=C\CCCCCCC)CCCCCCCC(=O)NCC(=O)O. The summed E-state index contributed by atoms with van der Waals surface area (Å²) >= 11 is 0. The Labute approximate surface area is 314 Å². The average molecular weight is 714 g/mol. The van der Waals surface area contributed by atoms with Crippen molar-refractivity contribution in [2.45, 2.75) is 213 Å². The molecule has 0 saturated carbocycles. The number of amides is 1. The fraction of sp³-hybridized carbons (Fsp3) is 0.756. The zero-order valence-corrected chi connectivity index (χ0v) is 33.2. The van der Waals surface area contributed by atoms with Crippen molar-refractivity contribution >= 4 is 17.8 Å². The molecule has 1 amide bonds. The summed E-state index contributed by atoms with van der Waals surface area (Å²) < 4.78 is 6.00. The number of nitrogens with one attached hydrogen (secondary N) is 1. The molecule has 0 spiro atoms. The van der Waals surface area contributed by atoms with Gasteiger partial charge in [-0.15, -0.1) is 0 Å². The van der Waals surface area contributed by atoms with Crippen molar-refractivity contribution < 1.29 is 24.2 Å². The minimum atomic E-state index is -1.02. The number of esters is 1. The molecule has 0 aliphatic heterocycles. The van der Waals surface area contributed by atoms with Gasteiger partial charge in [-0.3, -0.25) is 14.4 Å². The summed E-state index contributed by atoms with van der Waals surface area (Å²) in [4.78, 5) is 35.0. The van der Waals surface area contributed by atoms with Gasteiger partial charge in [-0.1, -0.05) is 146 Å². The zero-order valence-electron chi connectivity index (χ0n) is 33.2. The molecular weight excluding hydrogens is 634 g/mol. The monoisotopic (exact) mass is 714 g/mol. The number of rotatable bonds is 38. The van der Waals surface area contributed by atoms with Crippen molar-refractivity contribution in [2.24, 2.45) is 0 Å². The van der Waals surface area contributed by atoms with E-state index >= 15 is 0 Å². The van der Waals surface area contributed by atoms with Crippen molar-refractivity contribution in [1.29, 1.82) is 0 Å². The Morgan fingerprint density at radius 1 is 0.510 bits per heavy atom. The van der Waals surface area contributed by atoms with Gasteiger partial charge < -0.3 is 15.2 Å². The Bertz CT molecular complexity index is 922. The average Bonchev–Trinajstić information content (AvgIpc) is 3.11. The third-order valence-corrected chi connectivity index (χ3v) is 9.22. The molecule has 0 aromatic heterocycles. The van der Waals surface area contributed by atoms with Crippen LogP contribution in [0.2, 0.25) is 0 Å². The lowest BCUT2D eigenvalue weighted by Gasteiger charge is -2.18. The molecule has 51 heavy (non-hydrogen) atoms. The summed E-state index contributed by atoms with van der Waals surface area (Å²) in [7, 11) is 0. The van der Waals surface area contributed by atoms with E-state index < -0.39 is 5.97 Å². The van der Waals surface area contributed by atoms with Crippen molar-refractivity contribution in [3.05, 3.63) is 48.6 Å². The summed E-state index contributed by atoms with van der Waals surface area (Å²) in [5.41, 5.74) is 0. The van der Waals surface area contributed by atoms with Gasteiger partial charge in [-0.05, 0) is 96.3 Å². The molecule has 0 aliphatic carbocycles. The Morgan fingerprint density at radius 3 is 1.45 bits per heavy atom. The molecule has 0 rings (SSSR count). The number of carbonyl (C=O) groups is 3. The number of hydrogen-bond donors (Lipinski definition) is 2. The van der Waals surface area contributed by atoms with E-state index in [9.17, 15) is 14.4 Å². The molecule has 1 atom stereocenters. The first-order valence-electron chi connectivity index (χ1n) is 21.3. The van der Waals surface area contributed by atoms with Crippen molar-refractivity contribution in [1.82, 2.24) is 5.32 Å². The van der Waals surface area contributed by atoms with Gasteiger partial charge in [0.1, 0.15) is 12.6 Å². The molecule has 0 aliphatic rings. The highest BCUT2D eigenvalue weighted by molar-refractivity contribution is 5.80. The molecule has 0 bridgehead atoms. The van der Waals surface area contributed by atoms with Crippen LogP contribution < -0.4 is 5.32 Å². The van der Waals surface area contributed by atoms with Crippen LogP contribution in [0, 0.1) is 0 Å². The lowest BCUT2D eigenvalue weighted by atomic mass is 10.0. The number of allylic oxidation sites excluding steroid dienone is 8. The van der Waals surface area contributed by atoms with Crippen molar-refractivity contribution in [3.63, 3.8) is 0 Å². The van der Waals surface area contributed by atoms with Crippen LogP contribution in [0.25, 0.3) is 0 Å². The van der Waals surface area contributed by atoms with Crippen molar-refractivity contribution in [2.75, 3.05) is 6.54 Å². The maximum atomic E-state index is 12.7. The first kappa shape index (κ1) is 48.4. The molecule has 6 nitrogen and oxygen atoms in total. The molecule has 2 N–H and O–H groups in total. The molecular formula is C45H79NO5. The second-order valence-electron chi connectivity index (χ2n) is 14.2. The van der Waals surface area contributed by atoms with Crippen LogP contribution >= 0.6 is 0 Å². The molecule has 0 radical (unpaired) electrons. The van der Waals surface area contributed by atoms with Gasteiger partial charge in [0.15, 0.2) is 0 Å². The van der Waals surface area contributed by atoms with E-state index in [-0.39, 0.29) is 24.5 Å². The van der Waals surface area contributed by atoms with Crippen LogP contribution in [0.5, 0.6) is 0 Å². The predicted octanol–water partition coefficient (Wildman–Crippen LogP) is 13.1. The Morgan fingerprint density at radius 2 is 0.922 bits per heavy atom. The van der Waals surface area contributed by atoms with E-state index in [0.717, 1.165) is 89.9 Å². The maximum absolute atomic E-state index is 12.7. The summed E-state index contributed by atoms with van der Waals surface area (Å²) in [5, 5.41) is 11.1. The maximum Gasteiger partial charge on any atom is 0.322 e. The number of ether oxygens (including phenoxy) is 1. The fourth-order valence-electron chi connectivity index (χ4n) is 6.05. The molecule has 0 aromatic carbocycles. The van der Waals surface area contributed by atoms with Crippen LogP contribution in [0.1, 0.15) is 206 Å². The van der Waals surface area contributed by atoms with Gasteiger partial charge in [0.25, 0.3) is 0 Å². The van der Waals surface area contributed by atoms with Crippen LogP contribution in [-0.4, -0.2) is 35.6 Å². The minimum Gasteiger partial charge on any atom is -0.480 e. The van der Waals surface area contributed by atoms with Gasteiger partial charge in [0.2, 0.25) is 5.91 Å². The molecule has 1 unspecified atom stereocenters. The van der Waals surface area contributed by atoms with Gasteiger partial charge >= 0.3 is 11.9 Å². The Kier molecular flexibility index (Phi) is 38.1. The van der Waals surface area contributed by atoms with E-state index in [0.29, 0.717) is 12.8 Å². The minimum absolute atomic E-state index is 0.0250. The van der Waals surface area contributed by atoms with E-state index in [2.05, 4.69) is 67.8 Å². The van der Waals surface area contributed by atoms with E-state index in [1.165, 1.54) is 89.9 Å². The standard InChI is InChI=1S/C45H79NO5/c1-3-5-7-9-11-13-15-17-18-19-21-23-25-27-32-36-40-45(50)51-42(38-34-30-28-31-35-39-43(47)46-41-44(48)49)37-33-29-26-24-22-20-16-14-12-10-8-6-4-2/h13,15-16,18-20,24,26,42H,3-12,14,17,21-23,25,27-41H2,1-2H3,(H,46,47)(H,48,49)/b15-13-,19-18-,20-16-,26-24-. The summed E-state index contributed by atoms with van der Waals surface area (Å²) in [5.74, 6) is -1.28. The quantitative estimate of drug-likeness (QED) is 0.0377. The predicted molar refractivity (Wildman–Crippen MR) is 217 cm³/mol. The summed E-state index contributed by atoms with van der Waals surface area (Å²) in [6.45, 7) is 4.19. The number of carboxylic acid groups (broad SMARTS) is 1. The number of unbranched alkanes of at least 4 members (excludes halogenated alkanes) is 19. The number of carboxylic acids is 1. The van der Waals surface area contributed by atoms with E-state index in [1.54, 1.807) is 0 Å². The fourth-order valence-corrected chi connectivity index (χ4v) is 6.05. The van der Waals surface area contributed by atoms with Crippen LogP contribution in [-0.2, 0) is 19.1 Å². The molecule has 6 heteroatoms. The first-order chi connectivity index (χ1) is 25.0. The van der Waals surface area contributed by atoms with Crippen LogP contribution in [0.4, 0.5) is 0 Å². The lowest BCUT2D eigenvalue weighted by Crippen LogP contribution is -2.28. The largest absolute Gasteiger partial charge is 0.480 e. The molecule has 0 fully saturated rings. The normalized spacial score (nSPS) is 12.5. The first-order valence-corrected chi connectivity index (χ1v) is 21.3. The smallest absolute Gasteiger partial charge is 0.322 e. The van der Waals surface area contributed by atoms with Crippen LogP contribution in [0.3, 0.4) is 0 Å². The van der Waals surface area contributed by atoms with Crippen LogP contribution in [0.15, 0.2) is 48.6 Å². The zero-order chi connectivity index (χ0) is 37.3. The van der Waals surface area contributed by atoms with Gasteiger partial charge in [0, 0.05) is 12.8 Å². The van der Waals surface area contributed by atoms with Gasteiger partial charge in [0.05, 0.1) is 0 Å². The van der Waals surface area contributed by atoms with Gasteiger partial charge in [-0.2, -0.15) is 0 Å². The second-order valence-corrected chi connectivity index (χ2v) is 14.2. The topological polar surface area (TPSA) is 92.7 Å². The van der Waals surface area contributed by atoms with E-state index in [4.69, 9.17) is 9.84 Å². The molecule has 0 aromatic rings. The molecule has 0 saturated heterocycles. The highest BCUT2D eigenvalue weighted by atomic mass is 16.5. The number of carbonyl (C=O) groups excluding carboxylic acids is 2. The summed E-state index contributed by atoms with van der Waals surface area (Å²) in [6.07, 6.45) is 50.8. The third-order valence-electron chi connectivity index (χ3n) is 9.22. The second kappa shape index (κ2) is 40.1. The number of hydrogen-bond acceptors (Lipinski definition) is 4. The molecule has 294 valence electrons. The Balaban J connectivity index is 4.27. The van der Waals surface area contributed by atoms with Gasteiger partial charge in [-0.25, -0.2) is 0 Å². The summed E-state index contributed by atoms with van der Waals surface area (Å²) in [6, 6.07) is 0. The number of aliphatic carboxylic acids is 1.